The van der Waals surface area contributed by atoms with Crippen molar-refractivity contribution in [1.29, 1.82) is 0 Å². The molecule has 1 aliphatic rings. The highest BCUT2D eigenvalue weighted by molar-refractivity contribution is 5.98. The van der Waals surface area contributed by atoms with E-state index in [0.717, 1.165) is 30.0 Å². The van der Waals surface area contributed by atoms with Crippen molar-refractivity contribution in [2.45, 2.75) is 13.0 Å². The molecule has 2 aromatic carbocycles. The topological polar surface area (TPSA) is 66.0 Å². The van der Waals surface area contributed by atoms with E-state index in [2.05, 4.69) is 21.7 Å². The van der Waals surface area contributed by atoms with E-state index in [-0.39, 0.29) is 12.5 Å². The maximum Gasteiger partial charge on any atom is 0.246 e. The highest BCUT2D eigenvalue weighted by atomic mass is 16.5. The number of fused-ring (bicyclic) bond motifs is 1. The number of nitrogens with one attached hydrogen (secondary N) is 2. The molecule has 2 N–H and O–H groups in total. The van der Waals surface area contributed by atoms with Crippen molar-refractivity contribution in [3.8, 4) is 5.75 Å². The number of carbonyl (C=O) groups excluding carboxylic acids is 1. The van der Waals surface area contributed by atoms with E-state index in [4.69, 9.17) is 4.74 Å². The lowest BCUT2D eigenvalue weighted by Gasteiger charge is -2.19. The number of nitrogens with zero attached hydrogens (tertiary/aromatic N) is 2. The molecule has 0 atom stereocenters. The molecule has 26 heavy (non-hydrogen) atoms. The monoisotopic (exact) mass is 352 g/mol. The van der Waals surface area contributed by atoms with E-state index in [1.807, 2.05) is 47.4 Å². The number of carbonyl (C=O) groups is 1. The van der Waals surface area contributed by atoms with Crippen molar-refractivity contribution >= 4 is 17.6 Å². The minimum absolute atomic E-state index is 0.0372. The van der Waals surface area contributed by atoms with Gasteiger partial charge in [-0.05, 0) is 24.1 Å². The Morgan fingerprint density at radius 3 is 2.73 bits per heavy atom. The van der Waals surface area contributed by atoms with Gasteiger partial charge in [-0.25, -0.2) is 0 Å². The van der Waals surface area contributed by atoms with E-state index in [9.17, 15) is 4.79 Å². The van der Waals surface area contributed by atoms with Crippen LogP contribution >= 0.6 is 0 Å². The largest absolute Gasteiger partial charge is 0.496 e. The van der Waals surface area contributed by atoms with Crippen molar-refractivity contribution in [3.05, 3.63) is 59.7 Å². The first-order valence-corrected chi connectivity index (χ1v) is 8.67. The van der Waals surface area contributed by atoms with Gasteiger partial charge in [0.1, 0.15) is 5.75 Å². The van der Waals surface area contributed by atoms with E-state index in [1.165, 1.54) is 5.56 Å². The van der Waals surface area contributed by atoms with Gasteiger partial charge in [-0.2, -0.15) is 0 Å². The van der Waals surface area contributed by atoms with Crippen LogP contribution in [0.2, 0.25) is 0 Å². The Morgan fingerprint density at radius 2 is 1.92 bits per heavy atom. The van der Waals surface area contributed by atoms with Crippen molar-refractivity contribution in [2.75, 3.05) is 32.1 Å². The van der Waals surface area contributed by atoms with Gasteiger partial charge in [-0.1, -0.05) is 36.4 Å². The number of aliphatic imine (C=N–C) groups is 1. The summed E-state index contributed by atoms with van der Waals surface area (Å²) in [6.45, 7) is 1.48. The normalized spacial score (nSPS) is 13.3. The Balaban J connectivity index is 1.54. The lowest BCUT2D eigenvalue weighted by Crippen LogP contribution is -2.44. The van der Waals surface area contributed by atoms with Gasteiger partial charge < -0.3 is 20.3 Å². The first-order chi connectivity index (χ1) is 12.7. The zero-order chi connectivity index (χ0) is 18.4. The SMILES string of the molecule is CN=C(NCC(=O)N1CCc2ccccc21)NCc1ccccc1OC. The lowest BCUT2D eigenvalue weighted by molar-refractivity contribution is -0.117. The van der Waals surface area contributed by atoms with Crippen LogP contribution in [0.15, 0.2) is 53.5 Å². The number of hydrogen-bond donors (Lipinski definition) is 2. The number of ether oxygens (including phenoxy) is 1. The zero-order valence-corrected chi connectivity index (χ0v) is 15.2. The van der Waals surface area contributed by atoms with Gasteiger partial charge in [0.2, 0.25) is 5.91 Å². The van der Waals surface area contributed by atoms with Gasteiger partial charge in [0.15, 0.2) is 5.96 Å². The van der Waals surface area contributed by atoms with E-state index < -0.39 is 0 Å². The summed E-state index contributed by atoms with van der Waals surface area (Å²) in [5.74, 6) is 1.44. The van der Waals surface area contributed by atoms with Crippen LogP contribution in [-0.4, -0.2) is 39.1 Å². The molecule has 0 unspecified atom stereocenters. The molecule has 0 radical (unpaired) electrons. The average Bonchev–Trinajstić information content (AvgIpc) is 3.12. The smallest absolute Gasteiger partial charge is 0.246 e. The Bertz CT molecular complexity index is 804. The second kappa shape index (κ2) is 8.38. The molecule has 1 aliphatic heterocycles. The average molecular weight is 352 g/mol. The third kappa shape index (κ3) is 3.96. The highest BCUT2D eigenvalue weighted by Crippen LogP contribution is 2.27. The molecule has 1 amide bonds. The Hall–Kier alpha value is -3.02. The second-order valence-corrected chi connectivity index (χ2v) is 6.02. The van der Waals surface area contributed by atoms with Gasteiger partial charge in [-0.3, -0.25) is 9.79 Å². The number of anilines is 1. The fourth-order valence-electron chi connectivity index (χ4n) is 3.10. The molecule has 0 fully saturated rings. The van der Waals surface area contributed by atoms with Crippen LogP contribution in [0.1, 0.15) is 11.1 Å². The first kappa shape index (κ1) is 17.8. The van der Waals surface area contributed by atoms with Crippen LogP contribution in [0.5, 0.6) is 5.75 Å². The van der Waals surface area contributed by atoms with E-state index >= 15 is 0 Å². The van der Waals surface area contributed by atoms with Crippen molar-refractivity contribution in [2.24, 2.45) is 4.99 Å². The maximum atomic E-state index is 12.6. The number of methoxy groups -OCH3 is 1. The van der Waals surface area contributed by atoms with Crippen LogP contribution in [-0.2, 0) is 17.8 Å². The third-order valence-electron chi connectivity index (χ3n) is 4.46. The number of amides is 1. The summed E-state index contributed by atoms with van der Waals surface area (Å²) in [7, 11) is 3.34. The summed E-state index contributed by atoms with van der Waals surface area (Å²) in [5, 5.41) is 6.31. The van der Waals surface area contributed by atoms with E-state index in [1.54, 1.807) is 14.2 Å². The highest BCUT2D eigenvalue weighted by Gasteiger charge is 2.23. The van der Waals surface area contributed by atoms with Crippen LogP contribution in [0.25, 0.3) is 0 Å². The molecule has 0 aromatic heterocycles. The minimum atomic E-state index is 0.0372. The summed E-state index contributed by atoms with van der Waals surface area (Å²) >= 11 is 0. The maximum absolute atomic E-state index is 12.6. The van der Waals surface area contributed by atoms with Crippen molar-refractivity contribution in [1.82, 2.24) is 10.6 Å². The third-order valence-corrected chi connectivity index (χ3v) is 4.46. The predicted octanol–water partition coefficient (Wildman–Crippen LogP) is 1.95. The molecule has 1 heterocycles. The quantitative estimate of drug-likeness (QED) is 0.638. The van der Waals surface area contributed by atoms with Crippen molar-refractivity contribution < 1.29 is 9.53 Å². The Kier molecular flexibility index (Phi) is 5.73. The summed E-state index contributed by atoms with van der Waals surface area (Å²) in [5.41, 5.74) is 3.26. The molecule has 3 rings (SSSR count). The van der Waals surface area contributed by atoms with E-state index in [0.29, 0.717) is 12.5 Å². The fraction of sp³-hybridized carbons (Fsp3) is 0.300. The predicted molar refractivity (Wildman–Crippen MR) is 104 cm³/mol. The number of rotatable bonds is 5. The molecule has 0 saturated heterocycles. The van der Waals surface area contributed by atoms with Crippen LogP contribution in [0, 0.1) is 0 Å². The Labute approximate surface area is 153 Å². The van der Waals surface area contributed by atoms with Gasteiger partial charge in [0, 0.05) is 31.4 Å². The molecule has 0 spiro atoms. The summed E-state index contributed by atoms with van der Waals surface area (Å²) in [4.78, 5) is 18.6. The second-order valence-electron chi connectivity index (χ2n) is 6.02. The number of para-hydroxylation sites is 2. The van der Waals surface area contributed by atoms with Crippen molar-refractivity contribution in [3.63, 3.8) is 0 Å². The molecule has 0 bridgehead atoms. The van der Waals surface area contributed by atoms with Crippen LogP contribution in [0.4, 0.5) is 5.69 Å². The van der Waals surface area contributed by atoms with Gasteiger partial charge >= 0.3 is 0 Å². The minimum Gasteiger partial charge on any atom is -0.496 e. The number of guanidine groups is 1. The lowest BCUT2D eigenvalue weighted by atomic mass is 10.2. The number of benzene rings is 2. The molecule has 136 valence electrons. The first-order valence-electron chi connectivity index (χ1n) is 8.67. The number of hydrogen-bond acceptors (Lipinski definition) is 3. The standard InChI is InChI=1S/C20H24N4O2/c1-21-20(22-13-16-8-4-6-10-18(16)26-2)23-14-19(25)24-12-11-15-7-3-5-9-17(15)24/h3-10H,11-14H2,1-2H3,(H2,21,22,23). The molecule has 0 aliphatic carbocycles. The molecule has 6 heteroatoms. The van der Waals surface area contributed by atoms with Crippen LogP contribution < -0.4 is 20.3 Å². The molecule has 0 saturated carbocycles. The summed E-state index contributed by atoms with van der Waals surface area (Å²) < 4.78 is 5.35. The van der Waals surface area contributed by atoms with Gasteiger partial charge in [-0.15, -0.1) is 0 Å². The van der Waals surface area contributed by atoms with Crippen LogP contribution in [0.3, 0.4) is 0 Å². The molecular formula is C20H24N4O2. The molecule has 2 aromatic rings. The fourth-order valence-corrected chi connectivity index (χ4v) is 3.10. The molecule has 6 nitrogen and oxygen atoms in total. The molecular weight excluding hydrogens is 328 g/mol. The van der Waals surface area contributed by atoms with Gasteiger partial charge in [0.05, 0.1) is 13.7 Å². The van der Waals surface area contributed by atoms with Gasteiger partial charge in [0.25, 0.3) is 0 Å². The Morgan fingerprint density at radius 1 is 1.15 bits per heavy atom. The summed E-state index contributed by atoms with van der Waals surface area (Å²) in [6.07, 6.45) is 0.905. The summed E-state index contributed by atoms with van der Waals surface area (Å²) in [6, 6.07) is 15.8. The zero-order valence-electron chi connectivity index (χ0n) is 15.2.